The summed E-state index contributed by atoms with van der Waals surface area (Å²) < 4.78 is 25.3. The van der Waals surface area contributed by atoms with Crippen LogP contribution in [0.4, 0.5) is 8.78 Å². The Morgan fingerprint density at radius 3 is 2.40 bits per heavy atom. The van der Waals surface area contributed by atoms with Crippen molar-refractivity contribution in [3.8, 4) is 0 Å². The molecule has 0 heterocycles. The van der Waals surface area contributed by atoms with Crippen LogP contribution in [-0.2, 0) is 6.42 Å². The molecule has 2 rings (SSSR count). The molecule has 1 N–H and O–H groups in total. The Balaban J connectivity index is 2.21. The van der Waals surface area contributed by atoms with Crippen LogP contribution in [0, 0.1) is 0 Å². The fourth-order valence-corrected chi connectivity index (χ4v) is 2.32. The zero-order chi connectivity index (χ0) is 14.7. The third kappa shape index (κ3) is 3.69. The number of hydrogen-bond donors (Lipinski definition) is 1. The first kappa shape index (κ1) is 15.2. The second-order valence-corrected chi connectivity index (χ2v) is 5.27. The summed E-state index contributed by atoms with van der Waals surface area (Å²) >= 11 is 11.9. The van der Waals surface area contributed by atoms with E-state index in [-0.39, 0.29) is 12.0 Å². The maximum Gasteiger partial charge on any atom is 0.263 e. The first-order valence-corrected chi connectivity index (χ1v) is 6.73. The Morgan fingerprint density at radius 2 is 1.70 bits per heavy atom. The molecule has 0 spiro atoms. The van der Waals surface area contributed by atoms with E-state index in [1.807, 2.05) is 0 Å². The van der Waals surface area contributed by atoms with Crippen LogP contribution in [0.15, 0.2) is 42.5 Å². The molecule has 1 atom stereocenters. The second kappa shape index (κ2) is 6.53. The molecule has 0 amide bonds. The number of alkyl halides is 2. The SMILES string of the molecule is OC(Cc1cc(Cl)ccc1Cl)c1cccc(C(F)F)c1. The molecule has 0 aromatic heterocycles. The Hall–Kier alpha value is -1.16. The van der Waals surface area contributed by atoms with Gasteiger partial charge in [-0.15, -0.1) is 0 Å². The van der Waals surface area contributed by atoms with Crippen LogP contribution in [0.2, 0.25) is 10.0 Å². The number of hydrogen-bond acceptors (Lipinski definition) is 1. The molecule has 0 saturated carbocycles. The Labute approximate surface area is 125 Å². The first-order valence-electron chi connectivity index (χ1n) is 5.97. The van der Waals surface area contributed by atoms with Crippen molar-refractivity contribution in [3.63, 3.8) is 0 Å². The predicted octanol–water partition coefficient (Wildman–Crippen LogP) is 5.21. The highest BCUT2D eigenvalue weighted by Crippen LogP contribution is 2.28. The molecule has 20 heavy (non-hydrogen) atoms. The molecule has 5 heteroatoms. The molecular formula is C15H12Cl2F2O. The van der Waals surface area contributed by atoms with Gasteiger partial charge in [0.2, 0.25) is 0 Å². The molecule has 2 aromatic rings. The molecular weight excluding hydrogens is 305 g/mol. The summed E-state index contributed by atoms with van der Waals surface area (Å²) in [5.74, 6) is 0. The highest BCUT2D eigenvalue weighted by Gasteiger charge is 2.14. The van der Waals surface area contributed by atoms with Crippen molar-refractivity contribution >= 4 is 23.2 Å². The maximum atomic E-state index is 12.6. The summed E-state index contributed by atoms with van der Waals surface area (Å²) in [5.41, 5.74) is 0.992. The van der Waals surface area contributed by atoms with Gasteiger partial charge in [-0.25, -0.2) is 8.78 Å². The summed E-state index contributed by atoms with van der Waals surface area (Å²) in [5, 5.41) is 11.1. The quantitative estimate of drug-likeness (QED) is 0.821. The fourth-order valence-electron chi connectivity index (χ4n) is 1.93. The summed E-state index contributed by atoms with van der Waals surface area (Å²) in [7, 11) is 0. The lowest BCUT2D eigenvalue weighted by atomic mass is 10.00. The monoisotopic (exact) mass is 316 g/mol. The predicted molar refractivity (Wildman–Crippen MR) is 76.5 cm³/mol. The number of rotatable bonds is 4. The van der Waals surface area contributed by atoms with E-state index in [2.05, 4.69) is 0 Å². The molecule has 0 bridgehead atoms. The van der Waals surface area contributed by atoms with Gasteiger partial charge in [-0.3, -0.25) is 0 Å². The lowest BCUT2D eigenvalue weighted by Crippen LogP contribution is -2.03. The molecule has 0 saturated heterocycles. The van der Waals surface area contributed by atoms with Crippen LogP contribution in [0.3, 0.4) is 0 Å². The molecule has 0 aliphatic rings. The van der Waals surface area contributed by atoms with Gasteiger partial charge in [-0.05, 0) is 35.4 Å². The highest BCUT2D eigenvalue weighted by atomic mass is 35.5. The molecule has 0 aliphatic heterocycles. The molecule has 0 fully saturated rings. The van der Waals surface area contributed by atoms with E-state index in [0.717, 1.165) is 0 Å². The summed E-state index contributed by atoms with van der Waals surface area (Å²) in [4.78, 5) is 0. The average molecular weight is 317 g/mol. The van der Waals surface area contributed by atoms with Crippen molar-refractivity contribution in [2.75, 3.05) is 0 Å². The van der Waals surface area contributed by atoms with Crippen molar-refractivity contribution < 1.29 is 13.9 Å². The molecule has 1 unspecified atom stereocenters. The van der Waals surface area contributed by atoms with Crippen LogP contribution >= 0.6 is 23.2 Å². The number of benzene rings is 2. The zero-order valence-electron chi connectivity index (χ0n) is 10.4. The topological polar surface area (TPSA) is 20.2 Å². The molecule has 0 radical (unpaired) electrons. The van der Waals surface area contributed by atoms with Crippen LogP contribution in [0.5, 0.6) is 0 Å². The lowest BCUT2D eigenvalue weighted by molar-refractivity contribution is 0.149. The minimum atomic E-state index is -2.56. The van der Waals surface area contributed by atoms with Crippen LogP contribution in [0.25, 0.3) is 0 Å². The Kier molecular flexibility index (Phi) is 4.97. The van der Waals surface area contributed by atoms with Gasteiger partial charge in [0.05, 0.1) is 6.10 Å². The van der Waals surface area contributed by atoms with Crippen molar-refractivity contribution in [2.45, 2.75) is 19.0 Å². The van der Waals surface area contributed by atoms with Crippen molar-refractivity contribution in [1.29, 1.82) is 0 Å². The van der Waals surface area contributed by atoms with Gasteiger partial charge in [0.1, 0.15) is 0 Å². The molecule has 0 aliphatic carbocycles. The zero-order valence-corrected chi connectivity index (χ0v) is 11.9. The Morgan fingerprint density at radius 1 is 1.00 bits per heavy atom. The van der Waals surface area contributed by atoms with Crippen molar-refractivity contribution in [1.82, 2.24) is 0 Å². The first-order chi connectivity index (χ1) is 9.47. The maximum absolute atomic E-state index is 12.6. The van der Waals surface area contributed by atoms with E-state index in [1.54, 1.807) is 24.3 Å². The smallest absolute Gasteiger partial charge is 0.263 e. The number of aliphatic hydroxyl groups excluding tert-OH is 1. The minimum absolute atomic E-state index is 0.112. The van der Waals surface area contributed by atoms with E-state index < -0.39 is 12.5 Å². The standard InChI is InChI=1S/C15H12Cl2F2O/c16-12-4-5-13(17)11(7-12)8-14(20)9-2-1-3-10(6-9)15(18)19/h1-7,14-15,20H,8H2. The van der Waals surface area contributed by atoms with Gasteiger partial charge in [0.25, 0.3) is 6.43 Å². The summed E-state index contributed by atoms with van der Waals surface area (Å²) in [6.45, 7) is 0. The largest absolute Gasteiger partial charge is 0.388 e. The van der Waals surface area contributed by atoms with Gasteiger partial charge in [0, 0.05) is 22.0 Å². The van der Waals surface area contributed by atoms with Crippen LogP contribution in [-0.4, -0.2) is 5.11 Å². The minimum Gasteiger partial charge on any atom is -0.388 e. The average Bonchev–Trinajstić information content (AvgIpc) is 2.43. The van der Waals surface area contributed by atoms with E-state index in [4.69, 9.17) is 23.2 Å². The van der Waals surface area contributed by atoms with Gasteiger partial charge in [0.15, 0.2) is 0 Å². The van der Waals surface area contributed by atoms with E-state index in [9.17, 15) is 13.9 Å². The Bertz CT molecular complexity index is 602. The normalized spacial score (nSPS) is 12.7. The fraction of sp³-hybridized carbons (Fsp3) is 0.200. The summed E-state index contributed by atoms with van der Waals surface area (Å²) in [6.07, 6.45) is -3.26. The van der Waals surface area contributed by atoms with E-state index >= 15 is 0 Å². The van der Waals surface area contributed by atoms with Crippen LogP contribution in [0.1, 0.15) is 29.2 Å². The van der Waals surface area contributed by atoms with Gasteiger partial charge in [-0.1, -0.05) is 41.4 Å². The van der Waals surface area contributed by atoms with Gasteiger partial charge >= 0.3 is 0 Å². The number of halogens is 4. The van der Waals surface area contributed by atoms with Crippen molar-refractivity contribution in [2.24, 2.45) is 0 Å². The molecule has 1 nitrogen and oxygen atoms in total. The summed E-state index contributed by atoms with van der Waals surface area (Å²) in [6, 6.07) is 10.7. The van der Waals surface area contributed by atoms with E-state index in [0.29, 0.717) is 21.2 Å². The number of aliphatic hydroxyl groups is 1. The van der Waals surface area contributed by atoms with Crippen LogP contribution < -0.4 is 0 Å². The lowest BCUT2D eigenvalue weighted by Gasteiger charge is -2.13. The third-order valence-electron chi connectivity index (χ3n) is 2.97. The molecule has 106 valence electrons. The van der Waals surface area contributed by atoms with Gasteiger partial charge < -0.3 is 5.11 Å². The van der Waals surface area contributed by atoms with E-state index in [1.165, 1.54) is 18.2 Å². The van der Waals surface area contributed by atoms with Gasteiger partial charge in [-0.2, -0.15) is 0 Å². The highest BCUT2D eigenvalue weighted by molar-refractivity contribution is 6.33. The second-order valence-electron chi connectivity index (χ2n) is 4.43. The van der Waals surface area contributed by atoms with Crippen molar-refractivity contribution in [3.05, 3.63) is 69.2 Å². The molecule has 2 aromatic carbocycles. The third-order valence-corrected chi connectivity index (χ3v) is 3.57.